The fourth-order valence-corrected chi connectivity index (χ4v) is 2.15. The van der Waals surface area contributed by atoms with Crippen LogP contribution < -0.4 is 9.47 Å². The van der Waals surface area contributed by atoms with E-state index in [-0.39, 0.29) is 12.2 Å². The third-order valence-electron chi connectivity index (χ3n) is 3.34. The zero-order valence-electron chi connectivity index (χ0n) is 12.6. The third kappa shape index (κ3) is 3.40. The molecule has 0 unspecified atom stereocenters. The Morgan fingerprint density at radius 1 is 1.10 bits per heavy atom. The lowest BCUT2D eigenvalue weighted by atomic mass is 10.0. The summed E-state index contributed by atoms with van der Waals surface area (Å²) in [4.78, 5) is 16.9. The second kappa shape index (κ2) is 6.88. The van der Waals surface area contributed by atoms with E-state index in [1.807, 2.05) is 18.3 Å². The van der Waals surface area contributed by atoms with Crippen LogP contribution in [0.5, 0.6) is 11.5 Å². The van der Waals surface area contributed by atoms with Crippen LogP contribution in [0.25, 0.3) is 0 Å². The van der Waals surface area contributed by atoms with Gasteiger partial charge >= 0.3 is 0 Å². The maximum Gasteiger partial charge on any atom is 0.176 e. The maximum atomic E-state index is 12.5. The van der Waals surface area contributed by atoms with E-state index >= 15 is 0 Å². The van der Waals surface area contributed by atoms with E-state index in [0.29, 0.717) is 17.1 Å². The number of carbonyl (C=O) groups excluding carboxylic acids is 1. The van der Waals surface area contributed by atoms with Crippen LogP contribution in [0.2, 0.25) is 0 Å². The zero-order chi connectivity index (χ0) is 15.2. The molecule has 0 atom stereocenters. The molecule has 4 nitrogen and oxygen atoms in total. The molecule has 2 aromatic rings. The topological polar surface area (TPSA) is 48.4 Å². The van der Waals surface area contributed by atoms with Crippen LogP contribution in [0.3, 0.4) is 0 Å². The Balaban J connectivity index is 2.27. The third-order valence-corrected chi connectivity index (χ3v) is 3.34. The molecule has 0 aliphatic rings. The average Bonchev–Trinajstić information content (AvgIpc) is 2.54. The predicted molar refractivity (Wildman–Crippen MR) is 81.2 cm³/mol. The molecule has 4 heteroatoms. The van der Waals surface area contributed by atoms with Crippen molar-refractivity contribution in [2.24, 2.45) is 0 Å². The lowest BCUT2D eigenvalue weighted by Crippen LogP contribution is -2.09. The smallest absolute Gasteiger partial charge is 0.176 e. The first-order chi connectivity index (χ1) is 10.2. The normalized spacial score (nSPS) is 10.2. The van der Waals surface area contributed by atoms with Crippen molar-refractivity contribution in [3.8, 4) is 11.5 Å². The lowest BCUT2D eigenvalue weighted by Gasteiger charge is -2.11. The molecular formula is C17H19NO3. The van der Waals surface area contributed by atoms with Crippen LogP contribution in [-0.4, -0.2) is 25.0 Å². The number of ether oxygens (including phenoxy) is 2. The summed E-state index contributed by atoms with van der Waals surface area (Å²) in [6, 6.07) is 9.18. The van der Waals surface area contributed by atoms with E-state index in [1.165, 1.54) is 0 Å². The molecule has 0 bridgehead atoms. The monoisotopic (exact) mass is 285 g/mol. The zero-order valence-corrected chi connectivity index (χ0v) is 12.6. The van der Waals surface area contributed by atoms with Crippen LogP contribution in [0.15, 0.2) is 36.5 Å². The van der Waals surface area contributed by atoms with E-state index in [1.54, 1.807) is 32.4 Å². The first-order valence-electron chi connectivity index (χ1n) is 6.87. The standard InChI is InChI=1S/C17H19NO3/c1-4-12-8-9-13(18-11-12)10-14(19)17-15(20-2)6-5-7-16(17)21-3/h5-9,11H,4,10H2,1-3H3. The minimum atomic E-state index is -0.0685. The number of nitrogens with zero attached hydrogens (tertiary/aromatic N) is 1. The molecule has 0 fully saturated rings. The van der Waals surface area contributed by atoms with Gasteiger partial charge in [0.2, 0.25) is 0 Å². The van der Waals surface area contributed by atoms with Crippen molar-refractivity contribution in [1.82, 2.24) is 4.98 Å². The summed E-state index contributed by atoms with van der Waals surface area (Å²) in [5, 5.41) is 0. The molecule has 0 N–H and O–H groups in total. The van der Waals surface area contributed by atoms with Gasteiger partial charge in [-0.2, -0.15) is 0 Å². The Labute approximate surface area is 124 Å². The Hall–Kier alpha value is -2.36. The quantitative estimate of drug-likeness (QED) is 0.765. The molecular weight excluding hydrogens is 266 g/mol. The van der Waals surface area contributed by atoms with Crippen molar-refractivity contribution in [3.05, 3.63) is 53.3 Å². The van der Waals surface area contributed by atoms with Crippen molar-refractivity contribution in [3.63, 3.8) is 0 Å². The van der Waals surface area contributed by atoms with Gasteiger partial charge in [-0.05, 0) is 30.2 Å². The van der Waals surface area contributed by atoms with Gasteiger partial charge in [0.25, 0.3) is 0 Å². The van der Waals surface area contributed by atoms with E-state index < -0.39 is 0 Å². The minimum absolute atomic E-state index is 0.0685. The summed E-state index contributed by atoms with van der Waals surface area (Å²) in [6.07, 6.45) is 2.96. The number of benzene rings is 1. The number of aromatic nitrogens is 1. The Morgan fingerprint density at radius 2 is 1.76 bits per heavy atom. The molecule has 0 radical (unpaired) electrons. The molecule has 1 heterocycles. The second-order valence-corrected chi connectivity index (χ2v) is 4.65. The minimum Gasteiger partial charge on any atom is -0.496 e. The lowest BCUT2D eigenvalue weighted by molar-refractivity contribution is 0.0986. The first kappa shape index (κ1) is 15.0. The molecule has 0 saturated heterocycles. The van der Waals surface area contributed by atoms with Crippen LogP contribution in [0, 0.1) is 0 Å². The number of carbonyl (C=O) groups is 1. The van der Waals surface area contributed by atoms with E-state index in [9.17, 15) is 4.79 Å². The first-order valence-corrected chi connectivity index (χ1v) is 6.87. The highest BCUT2D eigenvalue weighted by atomic mass is 16.5. The van der Waals surface area contributed by atoms with Gasteiger partial charge in [0, 0.05) is 11.9 Å². The molecule has 110 valence electrons. The van der Waals surface area contributed by atoms with Crippen molar-refractivity contribution in [2.75, 3.05) is 14.2 Å². The Morgan fingerprint density at radius 3 is 2.24 bits per heavy atom. The van der Waals surface area contributed by atoms with E-state index in [2.05, 4.69) is 11.9 Å². The summed E-state index contributed by atoms with van der Waals surface area (Å²) in [7, 11) is 3.08. The predicted octanol–water partition coefficient (Wildman–Crippen LogP) is 3.09. The fraction of sp³-hybridized carbons (Fsp3) is 0.294. The van der Waals surface area contributed by atoms with Gasteiger partial charge in [0.1, 0.15) is 17.1 Å². The number of hydrogen-bond acceptors (Lipinski definition) is 4. The molecule has 0 spiro atoms. The summed E-state index contributed by atoms with van der Waals surface area (Å²) in [5.41, 5.74) is 2.36. The highest BCUT2D eigenvalue weighted by Crippen LogP contribution is 2.29. The maximum absolute atomic E-state index is 12.5. The van der Waals surface area contributed by atoms with E-state index in [4.69, 9.17) is 9.47 Å². The van der Waals surface area contributed by atoms with Gasteiger partial charge in [0.05, 0.1) is 20.6 Å². The average molecular weight is 285 g/mol. The number of ketones is 1. The number of aryl methyl sites for hydroxylation is 1. The number of Topliss-reactive ketones (excluding diaryl/α,β-unsaturated/α-hetero) is 1. The highest BCUT2D eigenvalue weighted by Gasteiger charge is 2.18. The molecule has 2 rings (SSSR count). The van der Waals surface area contributed by atoms with E-state index in [0.717, 1.165) is 17.7 Å². The van der Waals surface area contributed by atoms with Crippen molar-refractivity contribution in [2.45, 2.75) is 19.8 Å². The molecule has 0 amide bonds. The molecule has 0 saturated carbocycles. The van der Waals surface area contributed by atoms with Crippen LogP contribution >= 0.6 is 0 Å². The van der Waals surface area contributed by atoms with Gasteiger partial charge in [-0.15, -0.1) is 0 Å². The van der Waals surface area contributed by atoms with Crippen LogP contribution in [0.1, 0.15) is 28.5 Å². The van der Waals surface area contributed by atoms with Gasteiger partial charge in [-0.1, -0.05) is 19.1 Å². The summed E-state index contributed by atoms with van der Waals surface area (Å²) in [6.45, 7) is 2.07. The molecule has 0 aliphatic heterocycles. The Kier molecular flexibility index (Phi) is 4.93. The molecule has 1 aromatic carbocycles. The van der Waals surface area contributed by atoms with Gasteiger partial charge < -0.3 is 9.47 Å². The molecule has 1 aromatic heterocycles. The highest BCUT2D eigenvalue weighted by molar-refractivity contribution is 6.02. The van der Waals surface area contributed by atoms with Crippen molar-refractivity contribution >= 4 is 5.78 Å². The number of rotatable bonds is 6. The van der Waals surface area contributed by atoms with Crippen molar-refractivity contribution < 1.29 is 14.3 Å². The molecule has 21 heavy (non-hydrogen) atoms. The van der Waals surface area contributed by atoms with Crippen LogP contribution in [0.4, 0.5) is 0 Å². The second-order valence-electron chi connectivity index (χ2n) is 4.65. The summed E-state index contributed by atoms with van der Waals surface area (Å²) >= 11 is 0. The number of methoxy groups -OCH3 is 2. The van der Waals surface area contributed by atoms with Gasteiger partial charge in [-0.25, -0.2) is 0 Å². The summed E-state index contributed by atoms with van der Waals surface area (Å²) < 4.78 is 10.5. The number of hydrogen-bond donors (Lipinski definition) is 0. The SMILES string of the molecule is CCc1ccc(CC(=O)c2c(OC)cccc2OC)nc1. The largest absolute Gasteiger partial charge is 0.496 e. The molecule has 0 aliphatic carbocycles. The number of pyridine rings is 1. The van der Waals surface area contributed by atoms with Gasteiger partial charge in [0.15, 0.2) is 5.78 Å². The fourth-order valence-electron chi connectivity index (χ4n) is 2.15. The summed E-state index contributed by atoms with van der Waals surface area (Å²) in [5.74, 6) is 0.968. The Bertz CT molecular complexity index is 598. The van der Waals surface area contributed by atoms with Crippen LogP contribution in [-0.2, 0) is 12.8 Å². The van der Waals surface area contributed by atoms with Gasteiger partial charge in [-0.3, -0.25) is 9.78 Å². The van der Waals surface area contributed by atoms with Crippen molar-refractivity contribution in [1.29, 1.82) is 0 Å².